The molecule has 0 radical (unpaired) electrons. The summed E-state index contributed by atoms with van der Waals surface area (Å²) in [5.74, 6) is 1.81. The molecule has 0 aromatic heterocycles. The topological polar surface area (TPSA) is 9.23 Å². The Morgan fingerprint density at radius 1 is 0.800 bits per heavy atom. The van der Waals surface area contributed by atoms with E-state index in [1.165, 1.54) is 80.5 Å². The van der Waals surface area contributed by atoms with Crippen molar-refractivity contribution in [3.8, 4) is 5.75 Å². The molecular formula is C24H30O. The first-order valence-corrected chi connectivity index (χ1v) is 10.2. The maximum atomic E-state index is 6.28. The average Bonchev–Trinajstić information content (AvgIpc) is 2.69. The van der Waals surface area contributed by atoms with Gasteiger partial charge in [-0.05, 0) is 61.5 Å². The minimum absolute atomic E-state index is 0.747. The zero-order valence-electron chi connectivity index (χ0n) is 15.3. The van der Waals surface area contributed by atoms with Crippen LogP contribution in [0.3, 0.4) is 0 Å². The fourth-order valence-electron chi connectivity index (χ4n) is 4.48. The molecule has 0 N–H and O–H groups in total. The molecule has 0 spiro atoms. The summed E-state index contributed by atoms with van der Waals surface area (Å²) in [6.45, 7) is 0.879. The fourth-order valence-corrected chi connectivity index (χ4v) is 4.48. The number of allylic oxidation sites excluding steroid dienone is 1. The Labute approximate surface area is 152 Å². The third-order valence-corrected chi connectivity index (χ3v) is 5.97. The van der Waals surface area contributed by atoms with E-state index in [4.69, 9.17) is 4.74 Å². The second kappa shape index (κ2) is 8.08. The molecule has 0 bridgehead atoms. The number of benzene rings is 2. The van der Waals surface area contributed by atoms with Crippen molar-refractivity contribution in [2.24, 2.45) is 5.92 Å². The first-order valence-electron chi connectivity index (χ1n) is 10.2. The van der Waals surface area contributed by atoms with Gasteiger partial charge in [-0.3, -0.25) is 0 Å². The molecule has 2 saturated carbocycles. The molecule has 2 aromatic carbocycles. The molecule has 2 aliphatic carbocycles. The molecule has 1 nitrogen and oxygen atoms in total. The second-order valence-electron chi connectivity index (χ2n) is 7.88. The highest BCUT2D eigenvalue weighted by Gasteiger charge is 2.15. The maximum Gasteiger partial charge on any atom is 0.127 e. The summed E-state index contributed by atoms with van der Waals surface area (Å²) in [4.78, 5) is 0. The third-order valence-electron chi connectivity index (χ3n) is 5.97. The molecule has 4 rings (SSSR count). The zero-order chi connectivity index (χ0) is 16.9. The largest absolute Gasteiger partial charge is 0.493 e. The summed E-state index contributed by atoms with van der Waals surface area (Å²) in [5.41, 5.74) is 2.98. The molecule has 0 saturated heterocycles. The van der Waals surface area contributed by atoms with Crippen LogP contribution in [-0.2, 0) is 0 Å². The van der Waals surface area contributed by atoms with Gasteiger partial charge in [0, 0.05) is 5.39 Å². The van der Waals surface area contributed by atoms with Crippen molar-refractivity contribution in [2.75, 3.05) is 6.61 Å². The number of hydrogen-bond acceptors (Lipinski definition) is 1. The van der Waals surface area contributed by atoms with Gasteiger partial charge in [0.15, 0.2) is 0 Å². The Hall–Kier alpha value is -1.76. The molecule has 1 heteroatoms. The molecular weight excluding hydrogens is 304 g/mol. The SMILES string of the molecule is C(=C1CCCCC1)c1ccc(OCC2CCCCC2)c2ccccc12. The van der Waals surface area contributed by atoms with E-state index in [0.29, 0.717) is 0 Å². The Kier molecular flexibility index (Phi) is 5.40. The Morgan fingerprint density at radius 3 is 2.32 bits per heavy atom. The normalized spacial score (nSPS) is 19.1. The number of fused-ring (bicyclic) bond motifs is 1. The van der Waals surface area contributed by atoms with Crippen molar-refractivity contribution in [1.29, 1.82) is 0 Å². The zero-order valence-corrected chi connectivity index (χ0v) is 15.3. The molecule has 2 fully saturated rings. The van der Waals surface area contributed by atoms with Crippen LogP contribution in [-0.4, -0.2) is 6.61 Å². The van der Waals surface area contributed by atoms with Crippen LogP contribution in [0.1, 0.15) is 69.8 Å². The molecule has 0 unspecified atom stereocenters. The van der Waals surface area contributed by atoms with Crippen LogP contribution in [0, 0.1) is 5.92 Å². The smallest absolute Gasteiger partial charge is 0.127 e. The molecule has 25 heavy (non-hydrogen) atoms. The lowest BCUT2D eigenvalue weighted by Crippen LogP contribution is -2.15. The van der Waals surface area contributed by atoms with Gasteiger partial charge in [-0.2, -0.15) is 0 Å². The predicted octanol–water partition coefficient (Wildman–Crippen LogP) is 7.15. The van der Waals surface area contributed by atoms with E-state index in [1.807, 2.05) is 0 Å². The minimum atomic E-state index is 0.747. The number of ether oxygens (including phenoxy) is 1. The fraction of sp³-hybridized carbons (Fsp3) is 0.500. The Balaban J connectivity index is 1.57. The van der Waals surface area contributed by atoms with E-state index in [2.05, 4.69) is 42.5 Å². The van der Waals surface area contributed by atoms with E-state index in [1.54, 1.807) is 5.57 Å². The average molecular weight is 335 g/mol. The summed E-state index contributed by atoms with van der Waals surface area (Å²) in [7, 11) is 0. The van der Waals surface area contributed by atoms with Crippen molar-refractivity contribution < 1.29 is 4.74 Å². The van der Waals surface area contributed by atoms with Crippen LogP contribution in [0.5, 0.6) is 5.75 Å². The van der Waals surface area contributed by atoms with Gasteiger partial charge in [0.2, 0.25) is 0 Å². The first-order chi connectivity index (χ1) is 12.4. The molecule has 0 atom stereocenters. The Bertz CT molecular complexity index is 729. The van der Waals surface area contributed by atoms with Crippen LogP contribution in [0.15, 0.2) is 42.0 Å². The lowest BCUT2D eigenvalue weighted by molar-refractivity contribution is 0.210. The van der Waals surface area contributed by atoms with Crippen LogP contribution in [0.25, 0.3) is 16.8 Å². The van der Waals surface area contributed by atoms with E-state index in [9.17, 15) is 0 Å². The van der Waals surface area contributed by atoms with Crippen LogP contribution >= 0.6 is 0 Å². The lowest BCUT2D eigenvalue weighted by Gasteiger charge is -2.22. The van der Waals surface area contributed by atoms with Crippen molar-refractivity contribution in [2.45, 2.75) is 64.2 Å². The van der Waals surface area contributed by atoms with Crippen LogP contribution < -0.4 is 4.74 Å². The Morgan fingerprint density at radius 2 is 1.52 bits per heavy atom. The van der Waals surface area contributed by atoms with Gasteiger partial charge in [0.1, 0.15) is 5.75 Å². The summed E-state index contributed by atoms with van der Waals surface area (Å²) in [6.07, 6.45) is 15.9. The van der Waals surface area contributed by atoms with E-state index >= 15 is 0 Å². The van der Waals surface area contributed by atoms with Gasteiger partial charge in [-0.25, -0.2) is 0 Å². The highest BCUT2D eigenvalue weighted by Crippen LogP contribution is 2.33. The van der Waals surface area contributed by atoms with Crippen molar-refractivity contribution >= 4 is 16.8 Å². The summed E-state index contributed by atoms with van der Waals surface area (Å²) >= 11 is 0. The van der Waals surface area contributed by atoms with Gasteiger partial charge in [-0.15, -0.1) is 0 Å². The van der Waals surface area contributed by atoms with Gasteiger partial charge in [-0.1, -0.05) is 67.7 Å². The summed E-state index contributed by atoms with van der Waals surface area (Å²) < 4.78 is 6.28. The lowest BCUT2D eigenvalue weighted by atomic mass is 9.90. The van der Waals surface area contributed by atoms with Crippen LogP contribution in [0.2, 0.25) is 0 Å². The van der Waals surface area contributed by atoms with Gasteiger partial charge < -0.3 is 4.74 Å². The minimum Gasteiger partial charge on any atom is -0.493 e. The molecule has 2 aromatic rings. The highest BCUT2D eigenvalue weighted by molar-refractivity contribution is 5.95. The maximum absolute atomic E-state index is 6.28. The van der Waals surface area contributed by atoms with E-state index in [0.717, 1.165) is 18.3 Å². The molecule has 0 amide bonds. The second-order valence-corrected chi connectivity index (χ2v) is 7.88. The van der Waals surface area contributed by atoms with Crippen molar-refractivity contribution in [3.05, 3.63) is 47.5 Å². The van der Waals surface area contributed by atoms with Crippen molar-refractivity contribution in [3.63, 3.8) is 0 Å². The summed E-state index contributed by atoms with van der Waals surface area (Å²) in [6, 6.07) is 13.2. The molecule has 0 heterocycles. The van der Waals surface area contributed by atoms with Crippen LogP contribution in [0.4, 0.5) is 0 Å². The quantitative estimate of drug-likeness (QED) is 0.577. The van der Waals surface area contributed by atoms with Gasteiger partial charge in [0.25, 0.3) is 0 Å². The van der Waals surface area contributed by atoms with Gasteiger partial charge >= 0.3 is 0 Å². The molecule has 132 valence electrons. The predicted molar refractivity (Wildman–Crippen MR) is 107 cm³/mol. The standard InChI is InChI=1S/C24H30O/c1-3-9-19(10-4-1)17-21-15-16-24(23-14-8-7-13-22(21)23)25-18-20-11-5-2-6-12-20/h7-8,13-17,20H,1-6,9-12,18H2. The van der Waals surface area contributed by atoms with E-state index in [-0.39, 0.29) is 0 Å². The number of hydrogen-bond donors (Lipinski definition) is 0. The molecule has 0 aliphatic heterocycles. The first kappa shape index (κ1) is 16.7. The number of rotatable bonds is 4. The summed E-state index contributed by atoms with van der Waals surface area (Å²) in [5, 5.41) is 2.60. The molecule has 2 aliphatic rings. The third kappa shape index (κ3) is 4.08. The van der Waals surface area contributed by atoms with Crippen molar-refractivity contribution in [1.82, 2.24) is 0 Å². The highest BCUT2D eigenvalue weighted by atomic mass is 16.5. The monoisotopic (exact) mass is 334 g/mol. The van der Waals surface area contributed by atoms with E-state index < -0.39 is 0 Å². The van der Waals surface area contributed by atoms with Gasteiger partial charge in [0.05, 0.1) is 6.61 Å².